The molecule has 0 saturated carbocycles. The number of carbonyl (C=O) groups excluding carboxylic acids is 1. The zero-order chi connectivity index (χ0) is 14.1. The number of rotatable bonds is 2. The van der Waals surface area contributed by atoms with Gasteiger partial charge in [0.25, 0.3) is 5.91 Å². The lowest BCUT2D eigenvalue weighted by molar-refractivity contribution is 0.0719. The van der Waals surface area contributed by atoms with E-state index in [1.165, 1.54) is 0 Å². The van der Waals surface area contributed by atoms with Gasteiger partial charge in [-0.25, -0.2) is 0 Å². The Labute approximate surface area is 119 Å². The lowest BCUT2D eigenvalue weighted by Gasteiger charge is -2.28. The van der Waals surface area contributed by atoms with E-state index in [9.17, 15) is 4.79 Å². The molecule has 0 radical (unpaired) electrons. The quantitative estimate of drug-likeness (QED) is 0.777. The Morgan fingerprint density at radius 3 is 2.75 bits per heavy atom. The summed E-state index contributed by atoms with van der Waals surface area (Å²) in [6, 6.07) is 5.59. The summed E-state index contributed by atoms with van der Waals surface area (Å²) < 4.78 is 11.0. The van der Waals surface area contributed by atoms with E-state index in [1.54, 1.807) is 6.07 Å². The van der Waals surface area contributed by atoms with Gasteiger partial charge in [-0.1, -0.05) is 26.0 Å². The zero-order valence-electron chi connectivity index (χ0n) is 11.8. The number of hydrogen-bond donors (Lipinski definition) is 0. The van der Waals surface area contributed by atoms with Crippen molar-refractivity contribution in [3.8, 4) is 11.5 Å². The number of hydrogen-bond acceptors (Lipinski definition) is 3. The van der Waals surface area contributed by atoms with Gasteiger partial charge >= 0.3 is 0 Å². The predicted octanol–water partition coefficient (Wildman–Crippen LogP) is 2.49. The first-order valence-corrected chi connectivity index (χ1v) is 7.04. The fourth-order valence-corrected chi connectivity index (χ4v) is 2.68. The van der Waals surface area contributed by atoms with Gasteiger partial charge in [0.1, 0.15) is 13.2 Å². The molecule has 0 aromatic heterocycles. The molecule has 0 N–H and O–H groups in total. The van der Waals surface area contributed by atoms with Crippen molar-refractivity contribution in [2.24, 2.45) is 5.92 Å². The minimum absolute atomic E-state index is 0.0469. The second kappa shape index (κ2) is 5.19. The van der Waals surface area contributed by atoms with Crippen molar-refractivity contribution in [2.45, 2.75) is 19.9 Å². The Kier molecular flexibility index (Phi) is 3.38. The summed E-state index contributed by atoms with van der Waals surface area (Å²) in [7, 11) is 0. The smallest absolute Gasteiger partial charge is 0.254 e. The molecule has 0 aliphatic carbocycles. The third-order valence-electron chi connectivity index (χ3n) is 3.73. The summed E-state index contributed by atoms with van der Waals surface area (Å²) in [5, 5.41) is 0. The standard InChI is InChI=1S/C16H19NO3/c1-11(2)13-4-3-7-17(13)16(18)12-5-6-14-15(10-12)20-9-8-19-14/h3-6,10-11,13H,7-9H2,1-2H3/t13-/m0/s1. The SMILES string of the molecule is CC(C)[C@@H]1C=CCN1C(=O)c1ccc2c(c1)OCCO2. The van der Waals surface area contributed by atoms with E-state index in [1.807, 2.05) is 17.0 Å². The summed E-state index contributed by atoms with van der Waals surface area (Å²) in [5.74, 6) is 1.84. The van der Waals surface area contributed by atoms with Crippen LogP contribution in [0, 0.1) is 5.92 Å². The van der Waals surface area contributed by atoms with E-state index in [2.05, 4.69) is 26.0 Å². The van der Waals surface area contributed by atoms with Crippen LogP contribution in [0.25, 0.3) is 0 Å². The van der Waals surface area contributed by atoms with Crippen molar-refractivity contribution in [1.29, 1.82) is 0 Å². The Hall–Kier alpha value is -1.97. The fourth-order valence-electron chi connectivity index (χ4n) is 2.68. The van der Waals surface area contributed by atoms with Crippen LogP contribution in [0.5, 0.6) is 11.5 Å². The van der Waals surface area contributed by atoms with Crippen LogP contribution < -0.4 is 9.47 Å². The van der Waals surface area contributed by atoms with Crippen LogP contribution in [-0.2, 0) is 0 Å². The van der Waals surface area contributed by atoms with Crippen LogP contribution in [0.3, 0.4) is 0 Å². The van der Waals surface area contributed by atoms with E-state index in [-0.39, 0.29) is 11.9 Å². The van der Waals surface area contributed by atoms with Crippen molar-refractivity contribution in [3.63, 3.8) is 0 Å². The monoisotopic (exact) mass is 273 g/mol. The normalized spacial score (nSPS) is 20.6. The minimum atomic E-state index is 0.0469. The summed E-state index contributed by atoms with van der Waals surface area (Å²) in [4.78, 5) is 14.5. The maximum Gasteiger partial charge on any atom is 0.254 e. The number of ether oxygens (including phenoxy) is 2. The van der Waals surface area contributed by atoms with Crippen molar-refractivity contribution in [3.05, 3.63) is 35.9 Å². The maximum atomic E-state index is 12.6. The Morgan fingerprint density at radius 1 is 1.25 bits per heavy atom. The van der Waals surface area contributed by atoms with Crippen LogP contribution in [-0.4, -0.2) is 36.6 Å². The highest BCUT2D eigenvalue weighted by Crippen LogP contribution is 2.31. The Bertz CT molecular complexity index is 551. The molecule has 1 aromatic carbocycles. The highest BCUT2D eigenvalue weighted by atomic mass is 16.6. The molecule has 1 aromatic rings. The first-order chi connectivity index (χ1) is 9.66. The molecule has 1 atom stereocenters. The molecule has 0 spiro atoms. The van der Waals surface area contributed by atoms with Gasteiger partial charge in [-0.05, 0) is 24.1 Å². The lowest BCUT2D eigenvalue weighted by Crippen LogP contribution is -2.39. The Balaban J connectivity index is 1.84. The summed E-state index contributed by atoms with van der Waals surface area (Å²) in [5.41, 5.74) is 0.656. The molecule has 2 aliphatic rings. The maximum absolute atomic E-state index is 12.6. The molecule has 4 nitrogen and oxygen atoms in total. The molecular formula is C16H19NO3. The summed E-state index contributed by atoms with van der Waals surface area (Å²) >= 11 is 0. The van der Waals surface area contributed by atoms with Gasteiger partial charge in [0.05, 0.1) is 6.04 Å². The fraction of sp³-hybridized carbons (Fsp3) is 0.438. The molecule has 0 bridgehead atoms. The van der Waals surface area contributed by atoms with E-state index < -0.39 is 0 Å². The second-order valence-electron chi connectivity index (χ2n) is 5.48. The molecule has 0 fully saturated rings. The minimum Gasteiger partial charge on any atom is -0.486 e. The molecule has 106 valence electrons. The van der Waals surface area contributed by atoms with E-state index in [0.29, 0.717) is 42.7 Å². The topological polar surface area (TPSA) is 38.8 Å². The first kappa shape index (κ1) is 13.0. The predicted molar refractivity (Wildman–Crippen MR) is 76.2 cm³/mol. The number of nitrogens with zero attached hydrogens (tertiary/aromatic N) is 1. The largest absolute Gasteiger partial charge is 0.486 e. The lowest BCUT2D eigenvalue weighted by atomic mass is 10.0. The third kappa shape index (κ3) is 2.26. The van der Waals surface area contributed by atoms with E-state index in [0.717, 1.165) is 0 Å². The number of carbonyl (C=O) groups is 1. The summed E-state index contributed by atoms with van der Waals surface area (Å²) in [6.45, 7) is 6.03. The van der Waals surface area contributed by atoms with Gasteiger partial charge in [-0.3, -0.25) is 4.79 Å². The van der Waals surface area contributed by atoms with Gasteiger partial charge in [0.2, 0.25) is 0 Å². The molecule has 0 unspecified atom stereocenters. The van der Waals surface area contributed by atoms with Crippen molar-refractivity contribution in [1.82, 2.24) is 4.90 Å². The van der Waals surface area contributed by atoms with E-state index >= 15 is 0 Å². The highest BCUT2D eigenvalue weighted by Gasteiger charge is 2.28. The van der Waals surface area contributed by atoms with Gasteiger partial charge in [-0.2, -0.15) is 0 Å². The van der Waals surface area contributed by atoms with Gasteiger partial charge in [0, 0.05) is 12.1 Å². The number of benzene rings is 1. The average Bonchev–Trinajstić information content (AvgIpc) is 2.95. The van der Waals surface area contributed by atoms with Crippen molar-refractivity contribution >= 4 is 5.91 Å². The molecule has 2 aliphatic heterocycles. The van der Waals surface area contributed by atoms with Crippen LogP contribution in [0.15, 0.2) is 30.4 Å². The van der Waals surface area contributed by atoms with E-state index in [4.69, 9.17) is 9.47 Å². The van der Waals surface area contributed by atoms with Crippen molar-refractivity contribution in [2.75, 3.05) is 19.8 Å². The summed E-state index contributed by atoms with van der Waals surface area (Å²) in [6.07, 6.45) is 4.17. The third-order valence-corrected chi connectivity index (χ3v) is 3.73. The zero-order valence-corrected chi connectivity index (χ0v) is 11.8. The molecular weight excluding hydrogens is 254 g/mol. The van der Waals surface area contributed by atoms with Gasteiger partial charge < -0.3 is 14.4 Å². The molecule has 20 heavy (non-hydrogen) atoms. The van der Waals surface area contributed by atoms with Crippen molar-refractivity contribution < 1.29 is 14.3 Å². The Morgan fingerprint density at radius 2 is 2.00 bits per heavy atom. The van der Waals surface area contributed by atoms with Crippen LogP contribution in [0.1, 0.15) is 24.2 Å². The molecule has 0 saturated heterocycles. The molecule has 4 heteroatoms. The second-order valence-corrected chi connectivity index (χ2v) is 5.48. The number of fused-ring (bicyclic) bond motifs is 1. The van der Waals surface area contributed by atoms with Crippen LogP contribution in [0.4, 0.5) is 0 Å². The number of amides is 1. The van der Waals surface area contributed by atoms with Gasteiger partial charge in [0.15, 0.2) is 11.5 Å². The van der Waals surface area contributed by atoms with Crippen LogP contribution in [0.2, 0.25) is 0 Å². The molecule has 3 rings (SSSR count). The molecule has 2 heterocycles. The average molecular weight is 273 g/mol. The molecule has 1 amide bonds. The van der Waals surface area contributed by atoms with Crippen LogP contribution >= 0.6 is 0 Å². The first-order valence-electron chi connectivity index (χ1n) is 7.04. The highest BCUT2D eigenvalue weighted by molar-refractivity contribution is 5.95. The van der Waals surface area contributed by atoms with Gasteiger partial charge in [-0.15, -0.1) is 0 Å².